The van der Waals surface area contributed by atoms with Crippen LogP contribution in [0.25, 0.3) is 0 Å². The van der Waals surface area contributed by atoms with E-state index in [1.165, 1.54) is 5.56 Å². The van der Waals surface area contributed by atoms with E-state index in [0.29, 0.717) is 6.42 Å². The van der Waals surface area contributed by atoms with Gasteiger partial charge in [0.1, 0.15) is 5.60 Å². The summed E-state index contributed by atoms with van der Waals surface area (Å²) in [6.45, 7) is 7.38. The standard InChI is InChI=1S/C19H28O4/c1-14(10-11-15-8-6-5-7-9-15)12-16(18(21)22)13-17(20)23-19(2,3)4/h5-9,14,16H,10-13H2,1-4H3,(H,21,22)/t14?,16-/m1/s1. The zero-order valence-electron chi connectivity index (χ0n) is 14.5. The van der Waals surface area contributed by atoms with Crippen LogP contribution in [0.15, 0.2) is 30.3 Å². The second kappa shape index (κ2) is 8.70. The summed E-state index contributed by atoms with van der Waals surface area (Å²) >= 11 is 0. The van der Waals surface area contributed by atoms with Gasteiger partial charge in [-0.1, -0.05) is 37.3 Å². The maximum Gasteiger partial charge on any atom is 0.307 e. The van der Waals surface area contributed by atoms with Gasteiger partial charge in [-0.2, -0.15) is 0 Å². The van der Waals surface area contributed by atoms with Crippen LogP contribution in [0.1, 0.15) is 52.5 Å². The lowest BCUT2D eigenvalue weighted by atomic mass is 9.89. The zero-order valence-corrected chi connectivity index (χ0v) is 14.5. The number of aryl methyl sites for hydroxylation is 1. The van der Waals surface area contributed by atoms with Crippen molar-refractivity contribution in [2.24, 2.45) is 11.8 Å². The minimum absolute atomic E-state index is 0.0672. The van der Waals surface area contributed by atoms with E-state index in [1.807, 2.05) is 25.1 Å². The highest BCUT2D eigenvalue weighted by molar-refractivity contribution is 5.78. The van der Waals surface area contributed by atoms with E-state index < -0.39 is 23.5 Å². The van der Waals surface area contributed by atoms with Gasteiger partial charge in [0.2, 0.25) is 0 Å². The van der Waals surface area contributed by atoms with Crippen LogP contribution >= 0.6 is 0 Å². The van der Waals surface area contributed by atoms with Crippen molar-refractivity contribution in [3.8, 4) is 0 Å². The molecule has 0 aliphatic heterocycles. The van der Waals surface area contributed by atoms with Crippen molar-refractivity contribution in [2.45, 2.75) is 59.0 Å². The Balaban J connectivity index is 2.48. The predicted molar refractivity (Wildman–Crippen MR) is 90.1 cm³/mol. The Hall–Kier alpha value is -1.84. The van der Waals surface area contributed by atoms with Crippen LogP contribution in [0.4, 0.5) is 0 Å². The Morgan fingerprint density at radius 3 is 2.30 bits per heavy atom. The number of aliphatic carboxylic acids is 1. The Labute approximate surface area is 138 Å². The summed E-state index contributed by atoms with van der Waals surface area (Å²) in [5.41, 5.74) is 0.664. The summed E-state index contributed by atoms with van der Waals surface area (Å²) in [5.74, 6) is -1.82. The highest BCUT2D eigenvalue weighted by atomic mass is 16.6. The molecule has 1 aromatic carbocycles. The van der Waals surface area contributed by atoms with Crippen molar-refractivity contribution in [3.63, 3.8) is 0 Å². The van der Waals surface area contributed by atoms with Crippen molar-refractivity contribution in [1.82, 2.24) is 0 Å². The SMILES string of the molecule is CC(CCc1ccccc1)C[C@H](CC(=O)OC(C)(C)C)C(=O)O. The maximum absolute atomic E-state index is 11.8. The van der Waals surface area contributed by atoms with Gasteiger partial charge in [0.15, 0.2) is 0 Å². The topological polar surface area (TPSA) is 63.6 Å². The van der Waals surface area contributed by atoms with Crippen molar-refractivity contribution >= 4 is 11.9 Å². The van der Waals surface area contributed by atoms with E-state index in [1.54, 1.807) is 20.8 Å². The molecule has 2 atom stereocenters. The van der Waals surface area contributed by atoms with Crippen LogP contribution in [0.2, 0.25) is 0 Å². The smallest absolute Gasteiger partial charge is 0.307 e. The number of benzene rings is 1. The van der Waals surface area contributed by atoms with E-state index in [4.69, 9.17) is 4.74 Å². The second-order valence-corrected chi connectivity index (χ2v) is 7.19. The first-order valence-corrected chi connectivity index (χ1v) is 8.16. The molecular formula is C19H28O4. The molecule has 1 aromatic rings. The van der Waals surface area contributed by atoms with Gasteiger partial charge in [-0.15, -0.1) is 0 Å². The molecular weight excluding hydrogens is 292 g/mol. The van der Waals surface area contributed by atoms with Crippen molar-refractivity contribution < 1.29 is 19.4 Å². The summed E-state index contributed by atoms with van der Waals surface area (Å²) in [4.78, 5) is 23.3. The molecule has 128 valence electrons. The third-order valence-corrected chi connectivity index (χ3v) is 3.64. The molecule has 0 bridgehead atoms. The molecule has 0 radical (unpaired) electrons. The predicted octanol–water partition coefficient (Wildman–Crippen LogP) is 4.08. The number of carboxylic acid groups (broad SMARTS) is 1. The molecule has 0 aliphatic rings. The first-order valence-electron chi connectivity index (χ1n) is 8.16. The molecule has 0 aliphatic carbocycles. The Morgan fingerprint density at radius 2 is 1.78 bits per heavy atom. The number of carbonyl (C=O) groups is 2. The van der Waals surface area contributed by atoms with Crippen LogP contribution in [0.5, 0.6) is 0 Å². The van der Waals surface area contributed by atoms with E-state index in [0.717, 1.165) is 12.8 Å². The van der Waals surface area contributed by atoms with Crippen LogP contribution in [-0.2, 0) is 20.7 Å². The molecule has 4 heteroatoms. The van der Waals surface area contributed by atoms with Gasteiger partial charge in [0.25, 0.3) is 0 Å². The lowest BCUT2D eigenvalue weighted by Gasteiger charge is -2.22. The van der Waals surface area contributed by atoms with Crippen molar-refractivity contribution in [1.29, 1.82) is 0 Å². The van der Waals surface area contributed by atoms with Crippen LogP contribution in [0, 0.1) is 11.8 Å². The Morgan fingerprint density at radius 1 is 1.17 bits per heavy atom. The average Bonchev–Trinajstić information content (AvgIpc) is 2.43. The summed E-state index contributed by atoms with van der Waals surface area (Å²) in [5, 5.41) is 9.35. The fourth-order valence-corrected chi connectivity index (χ4v) is 2.52. The van der Waals surface area contributed by atoms with Gasteiger partial charge in [0, 0.05) is 0 Å². The molecule has 0 aromatic heterocycles. The van der Waals surface area contributed by atoms with Gasteiger partial charge in [-0.05, 0) is 51.5 Å². The molecule has 1 unspecified atom stereocenters. The molecule has 0 saturated carbocycles. The van der Waals surface area contributed by atoms with Crippen LogP contribution in [-0.4, -0.2) is 22.6 Å². The number of hydrogen-bond acceptors (Lipinski definition) is 3. The number of ether oxygens (including phenoxy) is 1. The third-order valence-electron chi connectivity index (χ3n) is 3.64. The molecule has 4 nitrogen and oxygen atoms in total. The van der Waals surface area contributed by atoms with Gasteiger partial charge in [0.05, 0.1) is 12.3 Å². The lowest BCUT2D eigenvalue weighted by molar-refractivity contribution is -0.160. The first-order chi connectivity index (χ1) is 10.7. The van der Waals surface area contributed by atoms with Gasteiger partial charge in [-0.25, -0.2) is 0 Å². The average molecular weight is 320 g/mol. The fraction of sp³-hybridized carbons (Fsp3) is 0.579. The highest BCUT2D eigenvalue weighted by Crippen LogP contribution is 2.22. The summed E-state index contributed by atoms with van der Waals surface area (Å²) < 4.78 is 5.23. The van der Waals surface area contributed by atoms with E-state index >= 15 is 0 Å². The zero-order chi connectivity index (χ0) is 17.5. The number of rotatable bonds is 8. The molecule has 0 saturated heterocycles. The fourth-order valence-electron chi connectivity index (χ4n) is 2.52. The quantitative estimate of drug-likeness (QED) is 0.733. The number of carbonyl (C=O) groups excluding carboxylic acids is 1. The van der Waals surface area contributed by atoms with Crippen LogP contribution < -0.4 is 0 Å². The maximum atomic E-state index is 11.8. The largest absolute Gasteiger partial charge is 0.481 e. The monoisotopic (exact) mass is 320 g/mol. The third kappa shape index (κ3) is 8.38. The first kappa shape index (κ1) is 19.2. The molecule has 0 spiro atoms. The molecule has 1 N–H and O–H groups in total. The number of carboxylic acids is 1. The van der Waals surface area contributed by atoms with Crippen molar-refractivity contribution in [3.05, 3.63) is 35.9 Å². The van der Waals surface area contributed by atoms with E-state index in [-0.39, 0.29) is 12.3 Å². The van der Waals surface area contributed by atoms with Gasteiger partial charge >= 0.3 is 11.9 Å². The van der Waals surface area contributed by atoms with E-state index in [2.05, 4.69) is 12.1 Å². The molecule has 0 fully saturated rings. The second-order valence-electron chi connectivity index (χ2n) is 7.19. The van der Waals surface area contributed by atoms with Gasteiger partial charge < -0.3 is 9.84 Å². The summed E-state index contributed by atoms with van der Waals surface area (Å²) in [7, 11) is 0. The lowest BCUT2D eigenvalue weighted by Crippen LogP contribution is -2.28. The molecule has 23 heavy (non-hydrogen) atoms. The van der Waals surface area contributed by atoms with Crippen LogP contribution in [0.3, 0.4) is 0 Å². The number of esters is 1. The highest BCUT2D eigenvalue weighted by Gasteiger charge is 2.26. The molecule has 0 heterocycles. The minimum atomic E-state index is -0.928. The molecule has 1 rings (SSSR count). The Kier molecular flexibility index (Phi) is 7.27. The normalized spacial score (nSPS) is 14.1. The van der Waals surface area contributed by atoms with E-state index in [9.17, 15) is 14.7 Å². The summed E-state index contributed by atoms with van der Waals surface area (Å²) in [6.07, 6.45) is 2.24. The minimum Gasteiger partial charge on any atom is -0.481 e. The van der Waals surface area contributed by atoms with Crippen molar-refractivity contribution in [2.75, 3.05) is 0 Å². The Bertz CT molecular complexity index is 502. The summed E-state index contributed by atoms with van der Waals surface area (Å²) in [6, 6.07) is 10.1. The number of hydrogen-bond donors (Lipinski definition) is 1. The van der Waals surface area contributed by atoms with Gasteiger partial charge in [-0.3, -0.25) is 9.59 Å². The molecule has 0 amide bonds.